The van der Waals surface area contributed by atoms with E-state index in [0.717, 1.165) is 80.6 Å². The number of H-pyrrole nitrogens is 2. The molecule has 16 nitrogen and oxygen atoms in total. The fourth-order valence-electron chi connectivity index (χ4n) is 10.1. The molecule has 0 spiro atoms. The molecule has 8 atom stereocenters. The van der Waals surface area contributed by atoms with Crippen molar-refractivity contribution < 1.29 is 38.7 Å². The van der Waals surface area contributed by atoms with E-state index in [-0.39, 0.29) is 35.9 Å². The molecule has 0 saturated carbocycles. The number of likely N-dealkylation sites (tertiary alicyclic amines) is 1. The molecule has 3 aromatic carbocycles. The minimum absolute atomic E-state index is 0.0157. The topological polar surface area (TPSA) is 199 Å². The maximum absolute atomic E-state index is 12.5. The monoisotopic (exact) mass is 892 g/mol. The van der Waals surface area contributed by atoms with Crippen LogP contribution >= 0.6 is 0 Å². The molecule has 0 bridgehead atoms. The summed E-state index contributed by atoms with van der Waals surface area (Å²) < 4.78 is 21.9. The van der Waals surface area contributed by atoms with Gasteiger partial charge in [-0.1, -0.05) is 45.0 Å². The lowest BCUT2D eigenvalue weighted by Gasteiger charge is -2.41. The van der Waals surface area contributed by atoms with E-state index >= 15 is 0 Å². The van der Waals surface area contributed by atoms with Crippen LogP contribution in [0.5, 0.6) is 5.75 Å². The Morgan fingerprint density at radius 3 is 2.48 bits per heavy atom. The average molecular weight is 893 g/mol. The van der Waals surface area contributed by atoms with Crippen LogP contribution in [0, 0.1) is 17.8 Å². The molecular formula is C49H64N8O8. The lowest BCUT2D eigenvalue weighted by atomic mass is 9.90. The Labute approximate surface area is 380 Å². The lowest BCUT2D eigenvalue weighted by molar-refractivity contribution is -0.0785. The van der Waals surface area contributed by atoms with Crippen molar-refractivity contribution in [2.45, 2.75) is 110 Å². The lowest BCUT2D eigenvalue weighted by Crippen LogP contribution is -2.57. The molecule has 0 aliphatic carbocycles. The number of amides is 2. The van der Waals surface area contributed by atoms with Crippen molar-refractivity contribution in [3.05, 3.63) is 78.5 Å². The van der Waals surface area contributed by atoms with Crippen LogP contribution in [-0.4, -0.2) is 117 Å². The number of nitrogens with zero attached hydrogens (tertiary/aromatic N) is 4. The average Bonchev–Trinajstić information content (AvgIpc) is 4.11. The van der Waals surface area contributed by atoms with Crippen molar-refractivity contribution >= 4 is 34.0 Å². The first-order valence-corrected chi connectivity index (χ1v) is 22.9. The van der Waals surface area contributed by atoms with Gasteiger partial charge in [-0.3, -0.25) is 9.80 Å². The van der Waals surface area contributed by atoms with Crippen LogP contribution in [0.15, 0.2) is 61.3 Å². The summed E-state index contributed by atoms with van der Waals surface area (Å²) in [5, 5.41) is 31.5. The van der Waals surface area contributed by atoms with E-state index < -0.39 is 36.7 Å². The van der Waals surface area contributed by atoms with Crippen molar-refractivity contribution in [1.82, 2.24) is 40.4 Å². The van der Waals surface area contributed by atoms with Crippen molar-refractivity contribution in [3.8, 4) is 28.1 Å². The number of aliphatic hydroxyl groups excluding tert-OH is 2. The van der Waals surface area contributed by atoms with Crippen LogP contribution in [0.2, 0.25) is 0 Å². The molecule has 6 N–H and O–H groups in total. The standard InChI is InChI=1S/C49H64N8O8/c1-9-27(5)57(47(59)41(26(3)4)54-48(60)62-7)28(6)44-50-23-38(52-44)32-11-13-34-33(20-32)25-65-40-22-35-31(21-36(34)40)12-14-37-43(35)53-45(51-37)39-19-29(10-2)24-56(39)46(58)42(55-49(61)63-8)30-15-17-64-18-16-30/h10-14,20-23,26-30,39,41-42,46-47,58-59H,2,9,15-19,24-25H2,1,3-8H3,(H,50,52)(H,51,53)(H,54,60)(H,55,61)/t27-,28-,29-,39-,41-,42-,46?,47?/m0/s1. The third kappa shape index (κ3) is 9.19. The van der Waals surface area contributed by atoms with E-state index in [9.17, 15) is 19.8 Å². The SMILES string of the molecule is C=C[C@H]1C[C@@H](c2nc3ccc4cc5c(cc4c3[nH]2)OCc2cc(-c3cnc([C@H](C)N(C(O)[C@@H](NC(=O)OC)C(C)C)[C@@H](C)CC)[nH]3)ccc2-5)N(C(O)[C@@H](NC(=O)OC)C2CCOCC2)C1. The van der Waals surface area contributed by atoms with Crippen LogP contribution in [0.4, 0.5) is 9.59 Å². The van der Waals surface area contributed by atoms with E-state index in [1.54, 1.807) is 0 Å². The number of ether oxygens (including phenoxy) is 4. The molecule has 2 aromatic heterocycles. The molecule has 5 heterocycles. The predicted molar refractivity (Wildman–Crippen MR) is 248 cm³/mol. The zero-order chi connectivity index (χ0) is 46.1. The number of aromatic amines is 2. The Balaban J connectivity index is 1.05. The molecule has 2 amide bonds. The molecule has 348 valence electrons. The van der Waals surface area contributed by atoms with Crippen LogP contribution in [0.25, 0.3) is 44.2 Å². The summed E-state index contributed by atoms with van der Waals surface area (Å²) in [7, 11) is 2.65. The molecule has 8 rings (SSSR count). The van der Waals surface area contributed by atoms with E-state index in [1.807, 2.05) is 48.9 Å². The van der Waals surface area contributed by atoms with Gasteiger partial charge in [0.05, 0.1) is 61.3 Å². The Morgan fingerprint density at radius 2 is 1.77 bits per heavy atom. The predicted octanol–water partition coefficient (Wildman–Crippen LogP) is 7.54. The van der Waals surface area contributed by atoms with Gasteiger partial charge in [0.15, 0.2) is 0 Å². The second kappa shape index (κ2) is 19.5. The van der Waals surface area contributed by atoms with E-state index in [1.165, 1.54) is 14.2 Å². The maximum atomic E-state index is 12.5. The van der Waals surface area contributed by atoms with Gasteiger partial charge in [-0.05, 0) is 104 Å². The normalized spacial score (nSPS) is 20.7. The van der Waals surface area contributed by atoms with Gasteiger partial charge in [0.2, 0.25) is 0 Å². The summed E-state index contributed by atoms with van der Waals surface area (Å²) in [6.07, 6.45) is 3.55. The first-order valence-electron chi connectivity index (χ1n) is 22.9. The summed E-state index contributed by atoms with van der Waals surface area (Å²) in [6.45, 7) is 16.2. The third-order valence-electron chi connectivity index (χ3n) is 14.0. The number of hydrogen-bond donors (Lipinski definition) is 6. The highest BCUT2D eigenvalue weighted by Crippen LogP contribution is 2.44. The number of carbonyl (C=O) groups excluding carboxylic acids is 2. The van der Waals surface area contributed by atoms with Gasteiger partial charge in [-0.2, -0.15) is 0 Å². The Morgan fingerprint density at radius 1 is 1.02 bits per heavy atom. The minimum atomic E-state index is -0.989. The summed E-state index contributed by atoms with van der Waals surface area (Å²) in [5.74, 6) is 2.30. The number of carbonyl (C=O) groups is 2. The zero-order valence-electron chi connectivity index (χ0n) is 38.5. The molecule has 2 unspecified atom stereocenters. The van der Waals surface area contributed by atoms with Gasteiger partial charge in [0, 0.05) is 36.8 Å². The number of imidazole rings is 2. The van der Waals surface area contributed by atoms with Crippen LogP contribution in [0.3, 0.4) is 0 Å². The Hall–Kier alpha value is -5.52. The van der Waals surface area contributed by atoms with Gasteiger partial charge in [-0.25, -0.2) is 19.6 Å². The highest BCUT2D eigenvalue weighted by molar-refractivity contribution is 6.07. The van der Waals surface area contributed by atoms with Gasteiger partial charge in [0.1, 0.15) is 36.5 Å². The molecule has 5 aromatic rings. The number of alkyl carbamates (subject to hydrolysis) is 2. The molecule has 3 aliphatic rings. The number of benzene rings is 3. The quantitative estimate of drug-likeness (QED) is 0.0447. The number of hydrogen-bond acceptors (Lipinski definition) is 12. The van der Waals surface area contributed by atoms with Gasteiger partial charge < -0.3 is 49.8 Å². The summed E-state index contributed by atoms with van der Waals surface area (Å²) >= 11 is 0. The molecule has 2 fully saturated rings. The fraction of sp³-hybridized carbons (Fsp3) is 0.510. The van der Waals surface area contributed by atoms with Crippen LogP contribution < -0.4 is 15.4 Å². The fourth-order valence-corrected chi connectivity index (χ4v) is 10.1. The Kier molecular flexibility index (Phi) is 13.8. The number of rotatable bonds is 15. The number of aromatic nitrogens is 4. The number of nitrogens with one attached hydrogen (secondary N) is 4. The van der Waals surface area contributed by atoms with Crippen molar-refractivity contribution in [1.29, 1.82) is 0 Å². The highest BCUT2D eigenvalue weighted by atomic mass is 16.5. The molecule has 16 heteroatoms. The minimum Gasteiger partial charge on any atom is -0.488 e. The van der Waals surface area contributed by atoms with Crippen molar-refractivity contribution in [3.63, 3.8) is 0 Å². The molecule has 2 saturated heterocycles. The molecule has 3 aliphatic heterocycles. The van der Waals surface area contributed by atoms with Crippen molar-refractivity contribution in [2.24, 2.45) is 17.8 Å². The molecule has 0 radical (unpaired) electrons. The smallest absolute Gasteiger partial charge is 0.407 e. The summed E-state index contributed by atoms with van der Waals surface area (Å²) in [6, 6.07) is 13.0. The van der Waals surface area contributed by atoms with Crippen LogP contribution in [0.1, 0.15) is 89.6 Å². The van der Waals surface area contributed by atoms with Gasteiger partial charge in [0.25, 0.3) is 0 Å². The van der Waals surface area contributed by atoms with Crippen molar-refractivity contribution in [2.75, 3.05) is 34.0 Å². The second-order valence-corrected chi connectivity index (χ2v) is 18.2. The van der Waals surface area contributed by atoms with Crippen LogP contribution in [-0.2, 0) is 20.8 Å². The molecule has 65 heavy (non-hydrogen) atoms. The first-order chi connectivity index (χ1) is 31.3. The van der Waals surface area contributed by atoms with Gasteiger partial charge in [-0.15, -0.1) is 6.58 Å². The van der Waals surface area contributed by atoms with E-state index in [4.69, 9.17) is 28.9 Å². The molecular weight excluding hydrogens is 829 g/mol. The first kappa shape index (κ1) is 46.0. The highest BCUT2D eigenvalue weighted by Gasteiger charge is 2.43. The van der Waals surface area contributed by atoms with E-state index in [2.05, 4.69) is 77.4 Å². The maximum Gasteiger partial charge on any atom is 0.407 e. The largest absolute Gasteiger partial charge is 0.488 e. The zero-order valence-corrected chi connectivity index (χ0v) is 38.5. The third-order valence-corrected chi connectivity index (χ3v) is 14.0. The summed E-state index contributed by atoms with van der Waals surface area (Å²) in [4.78, 5) is 45.8. The van der Waals surface area contributed by atoms with E-state index in [0.29, 0.717) is 38.6 Å². The summed E-state index contributed by atoms with van der Waals surface area (Å²) in [5.41, 5.74) is 6.63. The Bertz CT molecular complexity index is 2500. The number of methoxy groups -OCH3 is 2. The van der Waals surface area contributed by atoms with Gasteiger partial charge >= 0.3 is 12.2 Å². The number of fused-ring (bicyclic) bond motifs is 6. The second-order valence-electron chi connectivity index (χ2n) is 18.2. The number of aliphatic hydroxyl groups is 2.